The van der Waals surface area contributed by atoms with Crippen LogP contribution >= 0.6 is 0 Å². The van der Waals surface area contributed by atoms with Gasteiger partial charge in [-0.2, -0.15) is 0 Å². The standard InChI is InChI=1S/C35H36N2O/c1-4-34(2,3)24-25-38-33-23-15-14-22-31(33)32-26-37(27-36-32)35(28-16-8-5-9-17-28,29-18-10-6-11-19-29)30-20-12-7-13-21-30/h5-23,26-27H,4,24-25H2,1-3H3. The second-order valence-electron chi connectivity index (χ2n) is 10.6. The molecule has 1 aromatic heterocycles. The van der Waals surface area contributed by atoms with E-state index < -0.39 is 5.54 Å². The van der Waals surface area contributed by atoms with E-state index >= 15 is 0 Å². The molecule has 0 radical (unpaired) electrons. The van der Waals surface area contributed by atoms with Gasteiger partial charge in [0.05, 0.1) is 18.6 Å². The second-order valence-corrected chi connectivity index (χ2v) is 10.6. The van der Waals surface area contributed by atoms with Gasteiger partial charge in [0.15, 0.2) is 0 Å². The fourth-order valence-electron chi connectivity index (χ4n) is 5.05. The minimum Gasteiger partial charge on any atom is -0.493 e. The van der Waals surface area contributed by atoms with Crippen LogP contribution in [0.3, 0.4) is 0 Å². The van der Waals surface area contributed by atoms with Gasteiger partial charge in [-0.05, 0) is 40.7 Å². The molecule has 0 N–H and O–H groups in total. The van der Waals surface area contributed by atoms with Crippen LogP contribution in [0.2, 0.25) is 0 Å². The maximum atomic E-state index is 6.33. The molecule has 38 heavy (non-hydrogen) atoms. The fraction of sp³-hybridized carbons (Fsp3) is 0.229. The molecule has 0 aliphatic rings. The zero-order chi connectivity index (χ0) is 26.4. The Balaban J connectivity index is 1.63. The normalized spacial score (nSPS) is 11.9. The molecule has 0 fully saturated rings. The summed E-state index contributed by atoms with van der Waals surface area (Å²) in [4.78, 5) is 4.95. The Labute approximate surface area is 226 Å². The average Bonchev–Trinajstić information content (AvgIpc) is 3.46. The van der Waals surface area contributed by atoms with Crippen LogP contribution in [0.25, 0.3) is 11.3 Å². The van der Waals surface area contributed by atoms with Gasteiger partial charge >= 0.3 is 0 Å². The van der Waals surface area contributed by atoms with E-state index in [1.165, 1.54) is 16.7 Å². The largest absolute Gasteiger partial charge is 0.493 e. The van der Waals surface area contributed by atoms with E-state index in [0.29, 0.717) is 6.61 Å². The van der Waals surface area contributed by atoms with Crippen molar-refractivity contribution in [2.24, 2.45) is 5.41 Å². The number of imidazole rings is 1. The number of rotatable bonds is 10. The van der Waals surface area contributed by atoms with Crippen molar-refractivity contribution in [1.29, 1.82) is 0 Å². The highest BCUT2D eigenvalue weighted by Crippen LogP contribution is 2.42. The number of hydrogen-bond acceptors (Lipinski definition) is 2. The molecule has 3 heteroatoms. The maximum absolute atomic E-state index is 6.33. The first-order chi connectivity index (χ1) is 18.5. The predicted molar refractivity (Wildman–Crippen MR) is 156 cm³/mol. The van der Waals surface area contributed by atoms with Crippen molar-refractivity contribution in [2.45, 2.75) is 39.2 Å². The summed E-state index contributed by atoms with van der Waals surface area (Å²) in [6.07, 6.45) is 6.25. The molecule has 4 aromatic carbocycles. The summed E-state index contributed by atoms with van der Waals surface area (Å²) in [5.41, 5.74) is 5.09. The van der Waals surface area contributed by atoms with E-state index in [1.54, 1.807) is 0 Å². The number of para-hydroxylation sites is 1. The average molecular weight is 501 g/mol. The topological polar surface area (TPSA) is 27.1 Å². The molecule has 3 nitrogen and oxygen atoms in total. The Morgan fingerprint density at radius 3 is 1.71 bits per heavy atom. The zero-order valence-electron chi connectivity index (χ0n) is 22.5. The molecule has 0 aliphatic heterocycles. The van der Waals surface area contributed by atoms with Gasteiger partial charge in [-0.3, -0.25) is 0 Å². The van der Waals surface area contributed by atoms with Gasteiger partial charge in [0.1, 0.15) is 11.3 Å². The van der Waals surface area contributed by atoms with Crippen molar-refractivity contribution in [3.8, 4) is 17.0 Å². The third-order valence-corrected chi connectivity index (χ3v) is 7.70. The molecule has 0 amide bonds. The molecule has 0 saturated carbocycles. The van der Waals surface area contributed by atoms with Crippen LogP contribution in [0.4, 0.5) is 0 Å². The smallest absolute Gasteiger partial charge is 0.128 e. The summed E-state index contributed by atoms with van der Waals surface area (Å²) in [6, 6.07) is 40.3. The summed E-state index contributed by atoms with van der Waals surface area (Å²) < 4.78 is 8.58. The lowest BCUT2D eigenvalue weighted by atomic mass is 9.77. The first kappa shape index (κ1) is 25.5. The molecule has 0 unspecified atom stereocenters. The molecule has 0 spiro atoms. The number of benzene rings is 4. The van der Waals surface area contributed by atoms with E-state index in [1.807, 2.05) is 18.5 Å². The predicted octanol–water partition coefficient (Wildman–Crippen LogP) is 8.60. The highest BCUT2D eigenvalue weighted by molar-refractivity contribution is 5.67. The fourth-order valence-corrected chi connectivity index (χ4v) is 5.05. The van der Waals surface area contributed by atoms with Crippen LogP contribution in [0, 0.1) is 5.41 Å². The Bertz CT molecular complexity index is 1340. The van der Waals surface area contributed by atoms with Gasteiger partial charge in [-0.15, -0.1) is 0 Å². The van der Waals surface area contributed by atoms with Crippen molar-refractivity contribution in [1.82, 2.24) is 9.55 Å². The van der Waals surface area contributed by atoms with Crippen molar-refractivity contribution < 1.29 is 4.74 Å². The minimum absolute atomic E-state index is 0.261. The Morgan fingerprint density at radius 2 is 1.18 bits per heavy atom. The van der Waals surface area contributed by atoms with Crippen LogP contribution in [-0.2, 0) is 5.54 Å². The maximum Gasteiger partial charge on any atom is 0.128 e. The SMILES string of the molecule is CCC(C)(C)CCOc1ccccc1-c1cn(C(c2ccccc2)(c2ccccc2)c2ccccc2)cn1. The molecule has 5 rings (SSSR count). The van der Waals surface area contributed by atoms with E-state index in [-0.39, 0.29) is 5.41 Å². The molecular weight excluding hydrogens is 464 g/mol. The van der Waals surface area contributed by atoms with Gasteiger partial charge in [-0.1, -0.05) is 130 Å². The first-order valence-corrected chi connectivity index (χ1v) is 13.5. The summed E-state index contributed by atoms with van der Waals surface area (Å²) in [7, 11) is 0. The van der Waals surface area contributed by atoms with Gasteiger partial charge in [-0.25, -0.2) is 4.98 Å². The van der Waals surface area contributed by atoms with Crippen LogP contribution in [0.5, 0.6) is 5.75 Å². The monoisotopic (exact) mass is 500 g/mol. The quantitative estimate of drug-likeness (QED) is 0.180. The molecule has 0 aliphatic carbocycles. The third-order valence-electron chi connectivity index (χ3n) is 7.70. The van der Waals surface area contributed by atoms with Gasteiger partial charge in [0.25, 0.3) is 0 Å². The highest BCUT2D eigenvalue weighted by atomic mass is 16.5. The van der Waals surface area contributed by atoms with Crippen molar-refractivity contribution in [3.05, 3.63) is 144 Å². The second kappa shape index (κ2) is 11.1. The summed E-state index contributed by atoms with van der Waals surface area (Å²) in [6.45, 7) is 7.50. The van der Waals surface area contributed by atoms with Crippen molar-refractivity contribution >= 4 is 0 Å². The Hall–Kier alpha value is -4.11. The van der Waals surface area contributed by atoms with Crippen molar-refractivity contribution in [3.63, 3.8) is 0 Å². The van der Waals surface area contributed by atoms with Crippen LogP contribution < -0.4 is 4.74 Å². The summed E-state index contributed by atoms with van der Waals surface area (Å²) in [5.74, 6) is 0.870. The molecule has 1 heterocycles. The number of aromatic nitrogens is 2. The zero-order valence-corrected chi connectivity index (χ0v) is 22.5. The lowest BCUT2D eigenvalue weighted by Gasteiger charge is -2.37. The van der Waals surface area contributed by atoms with E-state index in [4.69, 9.17) is 9.72 Å². The number of nitrogens with zero attached hydrogens (tertiary/aromatic N) is 2. The van der Waals surface area contributed by atoms with E-state index in [2.05, 4.69) is 135 Å². The molecule has 5 aromatic rings. The Kier molecular flexibility index (Phi) is 7.46. The van der Waals surface area contributed by atoms with Crippen LogP contribution in [-0.4, -0.2) is 16.2 Å². The van der Waals surface area contributed by atoms with Crippen LogP contribution in [0.15, 0.2) is 128 Å². The van der Waals surface area contributed by atoms with Gasteiger partial charge < -0.3 is 9.30 Å². The van der Waals surface area contributed by atoms with E-state index in [0.717, 1.165) is 29.8 Å². The van der Waals surface area contributed by atoms with Gasteiger partial charge in [0.2, 0.25) is 0 Å². The van der Waals surface area contributed by atoms with E-state index in [9.17, 15) is 0 Å². The first-order valence-electron chi connectivity index (χ1n) is 13.5. The third kappa shape index (κ3) is 5.02. The molecule has 0 atom stereocenters. The van der Waals surface area contributed by atoms with Gasteiger partial charge in [0, 0.05) is 11.8 Å². The lowest BCUT2D eigenvalue weighted by molar-refractivity contribution is 0.223. The highest BCUT2D eigenvalue weighted by Gasteiger charge is 2.38. The van der Waals surface area contributed by atoms with Crippen LogP contribution in [0.1, 0.15) is 50.3 Å². The minimum atomic E-state index is -0.587. The summed E-state index contributed by atoms with van der Waals surface area (Å²) in [5, 5.41) is 0. The van der Waals surface area contributed by atoms with Crippen molar-refractivity contribution in [2.75, 3.05) is 6.61 Å². The number of ether oxygens (including phenoxy) is 1. The summed E-state index contributed by atoms with van der Waals surface area (Å²) >= 11 is 0. The lowest BCUT2D eigenvalue weighted by Crippen LogP contribution is -2.36. The Morgan fingerprint density at radius 1 is 0.684 bits per heavy atom. The molecule has 192 valence electrons. The molecule has 0 saturated heterocycles. The molecule has 0 bridgehead atoms. The molecular formula is C35H36N2O. The number of hydrogen-bond donors (Lipinski definition) is 0.